The predicted molar refractivity (Wildman–Crippen MR) is 86.9 cm³/mol. The van der Waals surface area contributed by atoms with E-state index in [0.717, 1.165) is 17.0 Å². The third-order valence-electron chi connectivity index (χ3n) is 1.34. The van der Waals surface area contributed by atoms with Crippen molar-refractivity contribution in [2.24, 2.45) is 0 Å². The molecule has 1 heterocycles. The molecule has 1 rings (SSSR count). The Labute approximate surface area is 115 Å². The Bertz CT molecular complexity index is 291. The molecule has 0 saturated heterocycles. The van der Waals surface area contributed by atoms with Crippen molar-refractivity contribution in [2.45, 2.75) is 55.9 Å². The molecule has 0 spiro atoms. The van der Waals surface area contributed by atoms with E-state index in [9.17, 15) is 0 Å². The van der Waals surface area contributed by atoms with Crippen molar-refractivity contribution in [1.29, 1.82) is 0 Å². The summed E-state index contributed by atoms with van der Waals surface area (Å²) >= 11 is 0. The molecule has 0 fully saturated rings. The van der Waals surface area contributed by atoms with Crippen LogP contribution in [0.25, 0.3) is 6.08 Å². The highest BCUT2D eigenvalue weighted by Crippen LogP contribution is 2.04. The molecule has 0 bridgehead atoms. The minimum atomic E-state index is 0. The van der Waals surface area contributed by atoms with Crippen LogP contribution in [0.4, 0.5) is 0 Å². The van der Waals surface area contributed by atoms with Crippen LogP contribution in [0.2, 0.25) is 0 Å². The van der Waals surface area contributed by atoms with Gasteiger partial charge in [-0.05, 0) is 38.5 Å². The summed E-state index contributed by atoms with van der Waals surface area (Å²) in [5.74, 6) is 0. The molecule has 106 valence electrons. The van der Waals surface area contributed by atoms with Gasteiger partial charge in [-0.2, -0.15) is 10.2 Å². The predicted octanol–water partition coefficient (Wildman–Crippen LogP) is 5.62. The number of allylic oxidation sites excluding steroid dienone is 1. The highest BCUT2D eigenvalue weighted by Gasteiger charge is 1.94. The van der Waals surface area contributed by atoms with Gasteiger partial charge in [0.05, 0.1) is 11.4 Å². The number of aromatic nitrogens is 2. The summed E-state index contributed by atoms with van der Waals surface area (Å²) in [6, 6.07) is 1.99. The van der Waals surface area contributed by atoms with Crippen molar-refractivity contribution in [1.82, 2.24) is 10.2 Å². The number of aryl methyl sites for hydroxylation is 2. The first kappa shape index (κ1) is 25.4. The first-order chi connectivity index (χ1) is 8.15. The molecule has 1 aromatic heterocycles. The van der Waals surface area contributed by atoms with Crippen LogP contribution in [-0.4, -0.2) is 10.2 Å². The molecule has 0 amide bonds. The summed E-state index contributed by atoms with van der Waals surface area (Å²) in [5, 5.41) is 7.82. The first-order valence-corrected chi connectivity index (χ1v) is 6.16. The van der Waals surface area contributed by atoms with Gasteiger partial charge < -0.3 is 0 Å². The van der Waals surface area contributed by atoms with Gasteiger partial charge >= 0.3 is 0 Å². The maximum atomic E-state index is 3.93. The average Bonchev–Trinajstić information content (AvgIpc) is 2.35. The molecule has 1 aromatic rings. The van der Waals surface area contributed by atoms with Crippen LogP contribution in [-0.2, 0) is 0 Å². The molecular weight excluding hydrogens is 220 g/mol. The molecule has 0 aliphatic rings. The van der Waals surface area contributed by atoms with Gasteiger partial charge in [0.2, 0.25) is 0 Å². The van der Waals surface area contributed by atoms with Crippen molar-refractivity contribution < 1.29 is 0 Å². The molecule has 18 heavy (non-hydrogen) atoms. The molecule has 0 radical (unpaired) electrons. The van der Waals surface area contributed by atoms with Gasteiger partial charge in [-0.15, -0.1) is 6.58 Å². The van der Waals surface area contributed by atoms with Gasteiger partial charge in [0.1, 0.15) is 0 Å². The van der Waals surface area contributed by atoms with Crippen molar-refractivity contribution in [3.8, 4) is 0 Å². The van der Waals surface area contributed by atoms with E-state index in [0.29, 0.717) is 0 Å². The van der Waals surface area contributed by atoms with E-state index >= 15 is 0 Å². The lowest BCUT2D eigenvalue weighted by Gasteiger charge is -1.96. The Kier molecular flexibility index (Phi) is 29.5. The number of hydrogen-bond donors (Lipinski definition) is 0. The van der Waals surface area contributed by atoms with Crippen LogP contribution in [0, 0.1) is 13.8 Å². The Morgan fingerprint density at radius 2 is 1.39 bits per heavy atom. The van der Waals surface area contributed by atoms with Crippen molar-refractivity contribution in [2.75, 3.05) is 0 Å². The maximum Gasteiger partial charge on any atom is 0.0880 e. The van der Waals surface area contributed by atoms with E-state index in [1.165, 1.54) is 0 Å². The molecule has 0 atom stereocenters. The van der Waals surface area contributed by atoms with Gasteiger partial charge in [-0.3, -0.25) is 0 Å². The first-order valence-electron chi connectivity index (χ1n) is 6.16. The molecule has 0 aromatic carbocycles. The fourth-order valence-electron chi connectivity index (χ4n) is 0.830. The maximum absolute atomic E-state index is 3.93. The Hall–Kier alpha value is -1.44. The van der Waals surface area contributed by atoms with E-state index in [-0.39, 0.29) is 7.43 Å². The lowest BCUT2D eigenvalue weighted by molar-refractivity contribution is 0.955. The number of rotatable bonds is 1. The fraction of sp³-hybridized carbons (Fsp3) is 0.500. The Balaban J connectivity index is -0.000000106. The van der Waals surface area contributed by atoms with Crippen LogP contribution >= 0.6 is 0 Å². The molecule has 0 aliphatic carbocycles. The van der Waals surface area contributed by atoms with Crippen LogP contribution in [0.5, 0.6) is 0 Å². The van der Waals surface area contributed by atoms with Crippen LogP contribution in [0.1, 0.15) is 59.0 Å². The molecular formula is C16H32N2. The molecule has 0 N–H and O–H groups in total. The summed E-state index contributed by atoms with van der Waals surface area (Å²) in [5.41, 5.74) is 2.94. The minimum Gasteiger partial charge on any atom is -0.155 e. The van der Waals surface area contributed by atoms with E-state index in [1.807, 2.05) is 54.5 Å². The second-order valence-corrected chi connectivity index (χ2v) is 2.67. The van der Waals surface area contributed by atoms with E-state index < -0.39 is 0 Å². The van der Waals surface area contributed by atoms with Crippen molar-refractivity contribution in [3.05, 3.63) is 42.3 Å². The lowest BCUT2D eigenvalue weighted by atomic mass is 10.2. The second kappa shape index (κ2) is 20.9. The van der Waals surface area contributed by atoms with Crippen molar-refractivity contribution in [3.63, 3.8) is 0 Å². The molecule has 2 heteroatoms. The van der Waals surface area contributed by atoms with E-state index in [4.69, 9.17) is 0 Å². The van der Waals surface area contributed by atoms with Crippen LogP contribution in [0.15, 0.2) is 25.3 Å². The van der Waals surface area contributed by atoms with E-state index in [2.05, 4.69) is 23.4 Å². The fourth-order valence-corrected chi connectivity index (χ4v) is 0.830. The summed E-state index contributed by atoms with van der Waals surface area (Å²) in [6.45, 7) is 20.8. The quantitative estimate of drug-likeness (QED) is 0.606. The molecule has 0 aliphatic heterocycles. The van der Waals surface area contributed by atoms with Gasteiger partial charge in [0.15, 0.2) is 0 Å². The van der Waals surface area contributed by atoms with Crippen LogP contribution in [0.3, 0.4) is 0 Å². The topological polar surface area (TPSA) is 25.8 Å². The van der Waals surface area contributed by atoms with Gasteiger partial charge in [-0.1, -0.05) is 47.8 Å². The summed E-state index contributed by atoms with van der Waals surface area (Å²) < 4.78 is 0. The van der Waals surface area contributed by atoms with Crippen LogP contribution < -0.4 is 0 Å². The zero-order chi connectivity index (χ0) is 14.3. The van der Waals surface area contributed by atoms with Gasteiger partial charge in [0.25, 0.3) is 0 Å². The average molecular weight is 252 g/mol. The van der Waals surface area contributed by atoms with Gasteiger partial charge in [0, 0.05) is 0 Å². The Morgan fingerprint density at radius 1 is 1.00 bits per heavy atom. The highest BCUT2D eigenvalue weighted by molar-refractivity contribution is 5.45. The lowest BCUT2D eigenvalue weighted by Crippen LogP contribution is -1.92. The Morgan fingerprint density at radius 3 is 1.67 bits per heavy atom. The number of nitrogens with zero attached hydrogens (tertiary/aromatic N) is 2. The molecule has 0 saturated carbocycles. The molecule has 0 unspecified atom stereocenters. The third kappa shape index (κ3) is 14.6. The summed E-state index contributed by atoms with van der Waals surface area (Å²) in [7, 11) is 0. The zero-order valence-electron chi connectivity index (χ0n) is 12.5. The van der Waals surface area contributed by atoms with E-state index in [1.54, 1.807) is 12.2 Å². The van der Waals surface area contributed by atoms with Gasteiger partial charge in [-0.25, -0.2) is 0 Å². The minimum absolute atomic E-state index is 0. The second-order valence-electron chi connectivity index (χ2n) is 2.67. The highest BCUT2D eigenvalue weighted by atomic mass is 15.1. The summed E-state index contributed by atoms with van der Waals surface area (Å²) in [6.07, 6.45) is 3.46. The largest absolute Gasteiger partial charge is 0.155 e. The van der Waals surface area contributed by atoms with Crippen molar-refractivity contribution >= 4 is 6.08 Å². The standard InChI is InChI=1S/C8H10N2.C3H6.2C2H6.CH4/c1-4-8-6(2)5-7(3)9-10-8;1-3-2;2*1-2;/h4-5H,1H2,2-3H3;3H,1H2,2H3;2*1-2H3;1H4. The third-order valence-corrected chi connectivity index (χ3v) is 1.34. The SMILES string of the molecule is C.C=CC.C=Cc1nnc(C)cc1C.CC.CC. The monoisotopic (exact) mass is 252 g/mol. The summed E-state index contributed by atoms with van der Waals surface area (Å²) in [4.78, 5) is 0. The normalized spacial score (nSPS) is 6.61. The molecule has 2 nitrogen and oxygen atoms in total. The zero-order valence-corrected chi connectivity index (χ0v) is 12.5. The number of hydrogen-bond acceptors (Lipinski definition) is 2. The smallest absolute Gasteiger partial charge is 0.0880 e.